The first-order valence-electron chi connectivity index (χ1n) is 13.3. The van der Waals surface area contributed by atoms with Crippen LogP contribution >= 0.6 is 0 Å². The highest BCUT2D eigenvalue weighted by Crippen LogP contribution is 2.39. The Morgan fingerprint density at radius 3 is 2.68 bits per heavy atom. The lowest BCUT2D eigenvalue weighted by atomic mass is 9.79. The number of carbonyl (C=O) groups is 1. The summed E-state index contributed by atoms with van der Waals surface area (Å²) >= 11 is 0. The SMILES string of the molecule is C=NC1=CC(C(=O)C2=CCC/C(C(C3=CCCC=C3)c3ccccc3)=C\C(CNS(C)(=O)=O)CC2)=CNC1. The van der Waals surface area contributed by atoms with Crippen molar-refractivity contribution >= 4 is 22.5 Å². The van der Waals surface area contributed by atoms with Crippen LogP contribution in [0.5, 0.6) is 0 Å². The van der Waals surface area contributed by atoms with Gasteiger partial charge >= 0.3 is 0 Å². The van der Waals surface area contributed by atoms with Crippen molar-refractivity contribution < 1.29 is 13.2 Å². The van der Waals surface area contributed by atoms with Crippen molar-refractivity contribution in [3.63, 3.8) is 0 Å². The summed E-state index contributed by atoms with van der Waals surface area (Å²) in [6.07, 6.45) is 20.6. The first-order valence-corrected chi connectivity index (χ1v) is 15.1. The van der Waals surface area contributed by atoms with E-state index in [9.17, 15) is 13.2 Å². The number of aliphatic imine (C=N–C) groups is 1. The molecule has 0 bridgehead atoms. The van der Waals surface area contributed by atoms with Gasteiger partial charge in [0.2, 0.25) is 10.0 Å². The maximum absolute atomic E-state index is 13.5. The average molecular weight is 532 g/mol. The Bertz CT molecular complexity index is 1330. The lowest BCUT2D eigenvalue weighted by Crippen LogP contribution is -2.28. The number of nitrogens with zero attached hydrogens (tertiary/aromatic N) is 1. The molecule has 2 N–H and O–H groups in total. The molecule has 1 heterocycles. The fraction of sp³-hybridized carbons (Fsp3) is 0.355. The quantitative estimate of drug-likeness (QED) is 0.335. The highest BCUT2D eigenvalue weighted by Gasteiger charge is 2.25. The number of ketones is 1. The van der Waals surface area contributed by atoms with Crippen molar-refractivity contribution in [3.05, 3.63) is 107 Å². The van der Waals surface area contributed by atoms with Gasteiger partial charge in [0.1, 0.15) is 0 Å². The summed E-state index contributed by atoms with van der Waals surface area (Å²) in [5.41, 5.74) is 5.82. The van der Waals surface area contributed by atoms with E-state index >= 15 is 0 Å². The van der Waals surface area contributed by atoms with E-state index in [1.54, 1.807) is 12.3 Å². The second-order valence-corrected chi connectivity index (χ2v) is 11.9. The molecule has 0 spiro atoms. The minimum Gasteiger partial charge on any atom is -0.385 e. The van der Waals surface area contributed by atoms with Gasteiger partial charge in [-0.3, -0.25) is 9.79 Å². The van der Waals surface area contributed by atoms with E-state index in [-0.39, 0.29) is 17.6 Å². The molecule has 0 aromatic heterocycles. The molecule has 38 heavy (non-hydrogen) atoms. The minimum atomic E-state index is -3.34. The average Bonchev–Trinajstić information content (AvgIpc) is 3.03. The Labute approximate surface area is 226 Å². The smallest absolute Gasteiger partial charge is 0.208 e. The number of allylic oxidation sites excluding steroid dienone is 9. The first-order chi connectivity index (χ1) is 18.3. The third-order valence-electron chi connectivity index (χ3n) is 7.15. The van der Waals surface area contributed by atoms with Crippen LogP contribution in [0.1, 0.15) is 50.0 Å². The number of dihydropyridines is 1. The maximum atomic E-state index is 13.5. The van der Waals surface area contributed by atoms with Crippen molar-refractivity contribution in [2.45, 2.75) is 44.4 Å². The third kappa shape index (κ3) is 7.62. The molecule has 0 saturated carbocycles. The highest BCUT2D eigenvalue weighted by atomic mass is 32.2. The Hall–Kier alpha value is -3.29. The number of benzene rings is 1. The second kappa shape index (κ2) is 13.0. The number of hydrogen-bond donors (Lipinski definition) is 2. The van der Waals surface area contributed by atoms with Crippen LogP contribution in [0.4, 0.5) is 0 Å². The summed E-state index contributed by atoms with van der Waals surface area (Å²) in [5, 5.41) is 3.11. The molecule has 1 aliphatic heterocycles. The van der Waals surface area contributed by atoms with Gasteiger partial charge in [-0.1, -0.05) is 66.3 Å². The molecule has 7 heteroatoms. The molecule has 0 saturated heterocycles. The summed E-state index contributed by atoms with van der Waals surface area (Å²) in [7, 11) is -3.34. The molecule has 200 valence electrons. The van der Waals surface area contributed by atoms with Crippen molar-refractivity contribution in [2.75, 3.05) is 19.3 Å². The van der Waals surface area contributed by atoms with E-state index < -0.39 is 10.0 Å². The van der Waals surface area contributed by atoms with Gasteiger partial charge in [-0.25, -0.2) is 13.1 Å². The van der Waals surface area contributed by atoms with Crippen LogP contribution in [0.3, 0.4) is 0 Å². The number of sulfonamides is 1. The normalized spacial score (nSPS) is 22.6. The standard InChI is InChI=1S/C31H37N3O3S/c1-32-29-19-28(21-33-22-29)31(35)26-14-9-15-27(18-23(16-17-26)20-34-38(2,36)37)30(24-10-5-3-6-11-24)25-12-7-4-8-13-25/h3,5-7,10-14,18-19,21,23,30,33-34H,1,4,8-9,15-17,20,22H2,2H3/b26-14?,27-18+. The van der Waals surface area contributed by atoms with Gasteiger partial charge < -0.3 is 5.32 Å². The van der Waals surface area contributed by atoms with Crippen molar-refractivity contribution in [3.8, 4) is 0 Å². The molecule has 0 amide bonds. The fourth-order valence-corrected chi connectivity index (χ4v) is 5.78. The minimum absolute atomic E-state index is 0.0193. The fourth-order valence-electron chi connectivity index (χ4n) is 5.26. The first kappa shape index (κ1) is 27.7. The summed E-state index contributed by atoms with van der Waals surface area (Å²) in [5.74, 6) is 0.0236. The largest absolute Gasteiger partial charge is 0.385 e. The van der Waals surface area contributed by atoms with Crippen LogP contribution in [0, 0.1) is 5.92 Å². The molecule has 4 rings (SSSR count). The van der Waals surface area contributed by atoms with Crippen LogP contribution in [0.2, 0.25) is 0 Å². The van der Waals surface area contributed by atoms with Crippen LogP contribution in [0.15, 0.2) is 106 Å². The summed E-state index contributed by atoms with van der Waals surface area (Å²) in [4.78, 5) is 17.5. The van der Waals surface area contributed by atoms with E-state index in [1.165, 1.54) is 23.0 Å². The van der Waals surface area contributed by atoms with Gasteiger partial charge in [0.15, 0.2) is 5.78 Å². The molecule has 1 aromatic rings. The van der Waals surface area contributed by atoms with Gasteiger partial charge in [-0.05, 0) is 73.9 Å². The lowest BCUT2D eigenvalue weighted by Gasteiger charge is -2.26. The van der Waals surface area contributed by atoms with Gasteiger partial charge in [0, 0.05) is 24.2 Å². The summed E-state index contributed by atoms with van der Waals surface area (Å²) in [6.45, 7) is 4.44. The summed E-state index contributed by atoms with van der Waals surface area (Å²) < 4.78 is 26.6. The molecular formula is C31H37N3O3S. The molecule has 0 fully saturated rings. The molecule has 6 nitrogen and oxygen atoms in total. The number of rotatable bonds is 9. The van der Waals surface area contributed by atoms with E-state index in [4.69, 9.17) is 0 Å². The number of hydrogen-bond acceptors (Lipinski definition) is 5. The van der Waals surface area contributed by atoms with Crippen molar-refractivity contribution in [1.29, 1.82) is 0 Å². The lowest BCUT2D eigenvalue weighted by molar-refractivity contribution is -0.112. The van der Waals surface area contributed by atoms with Gasteiger partial charge in [-0.2, -0.15) is 0 Å². The van der Waals surface area contributed by atoms with Crippen LogP contribution < -0.4 is 10.0 Å². The van der Waals surface area contributed by atoms with Gasteiger partial charge in [-0.15, -0.1) is 0 Å². The Morgan fingerprint density at radius 2 is 1.97 bits per heavy atom. The topological polar surface area (TPSA) is 87.6 Å². The molecule has 2 aliphatic carbocycles. The monoisotopic (exact) mass is 531 g/mol. The molecule has 2 atom stereocenters. The van der Waals surface area contributed by atoms with Crippen molar-refractivity contribution in [2.24, 2.45) is 10.9 Å². The maximum Gasteiger partial charge on any atom is 0.208 e. The third-order valence-corrected chi connectivity index (χ3v) is 7.84. The zero-order valence-electron chi connectivity index (χ0n) is 22.0. The Morgan fingerprint density at radius 1 is 1.16 bits per heavy atom. The summed E-state index contributed by atoms with van der Waals surface area (Å²) in [6, 6.07) is 10.5. The van der Waals surface area contributed by atoms with Gasteiger partial charge in [0.05, 0.1) is 18.5 Å². The second-order valence-electron chi connectivity index (χ2n) is 10.1. The zero-order chi connectivity index (χ0) is 27.0. The molecule has 3 aliphatic rings. The molecule has 2 unspecified atom stereocenters. The van der Waals surface area contributed by atoms with E-state index in [0.29, 0.717) is 31.5 Å². The number of carbonyl (C=O) groups excluding carboxylic acids is 1. The van der Waals surface area contributed by atoms with E-state index in [0.717, 1.165) is 37.0 Å². The van der Waals surface area contributed by atoms with Gasteiger partial charge in [0.25, 0.3) is 0 Å². The highest BCUT2D eigenvalue weighted by molar-refractivity contribution is 7.88. The Balaban J connectivity index is 1.68. The molecular weight excluding hydrogens is 494 g/mol. The van der Waals surface area contributed by atoms with Crippen LogP contribution in [-0.2, 0) is 14.8 Å². The van der Waals surface area contributed by atoms with Crippen LogP contribution in [0.25, 0.3) is 0 Å². The zero-order valence-corrected chi connectivity index (χ0v) is 22.8. The number of nitrogens with one attached hydrogen (secondary N) is 2. The predicted molar refractivity (Wildman–Crippen MR) is 155 cm³/mol. The molecule has 1 aromatic carbocycles. The Kier molecular flexibility index (Phi) is 9.48. The predicted octanol–water partition coefficient (Wildman–Crippen LogP) is 5.28. The van der Waals surface area contributed by atoms with E-state index in [2.05, 4.69) is 76.4 Å². The molecule has 0 radical (unpaired) electrons. The van der Waals surface area contributed by atoms with Crippen molar-refractivity contribution in [1.82, 2.24) is 10.0 Å². The van der Waals surface area contributed by atoms with E-state index in [1.807, 2.05) is 6.07 Å². The number of Topliss-reactive ketones (excluding diaryl/α,β-unsaturated/α-hetero) is 1. The van der Waals surface area contributed by atoms with Crippen LogP contribution in [-0.4, -0.2) is 40.3 Å².